The van der Waals surface area contributed by atoms with Crippen LogP contribution in [0.2, 0.25) is 0 Å². The minimum Gasteiger partial charge on any atom is -0.332 e. The average Bonchev–Trinajstić information content (AvgIpc) is 2.90. The first-order valence-corrected chi connectivity index (χ1v) is 6.23. The van der Waals surface area contributed by atoms with Crippen LogP contribution in [0.1, 0.15) is 18.9 Å². The van der Waals surface area contributed by atoms with Crippen LogP contribution in [0.3, 0.4) is 0 Å². The normalized spacial score (nSPS) is 20.4. The highest BCUT2D eigenvalue weighted by molar-refractivity contribution is 5.57. The maximum atomic E-state index is 4.50. The van der Waals surface area contributed by atoms with Gasteiger partial charge >= 0.3 is 0 Å². The van der Waals surface area contributed by atoms with Crippen molar-refractivity contribution in [2.75, 3.05) is 13.1 Å². The highest BCUT2D eigenvalue weighted by Gasteiger charge is 2.15. The van der Waals surface area contributed by atoms with Gasteiger partial charge in [0.15, 0.2) is 0 Å². The predicted molar refractivity (Wildman–Crippen MR) is 68.8 cm³/mol. The molecule has 0 aliphatic carbocycles. The number of hydrogen-bond acceptors (Lipinski definition) is 2. The van der Waals surface area contributed by atoms with Crippen molar-refractivity contribution in [3.05, 3.63) is 42.9 Å². The Labute approximate surface area is 101 Å². The van der Waals surface area contributed by atoms with Crippen LogP contribution in [-0.2, 0) is 0 Å². The van der Waals surface area contributed by atoms with Crippen molar-refractivity contribution < 1.29 is 0 Å². The fourth-order valence-electron chi connectivity index (χ4n) is 2.38. The Balaban J connectivity index is 1.83. The zero-order valence-electron chi connectivity index (χ0n) is 9.84. The molecule has 1 aliphatic rings. The predicted octanol–water partition coefficient (Wildman–Crippen LogP) is 2.47. The number of imidazole rings is 1. The number of nitrogens with zero attached hydrogens (tertiary/aromatic N) is 2. The van der Waals surface area contributed by atoms with Crippen LogP contribution in [0, 0.1) is 0 Å². The molecule has 2 heterocycles. The Kier molecular flexibility index (Phi) is 2.92. The quantitative estimate of drug-likeness (QED) is 0.854. The van der Waals surface area contributed by atoms with Crippen LogP contribution in [0.25, 0.3) is 11.3 Å². The summed E-state index contributed by atoms with van der Waals surface area (Å²) in [7, 11) is 0. The molecule has 0 bridgehead atoms. The zero-order valence-corrected chi connectivity index (χ0v) is 9.84. The van der Waals surface area contributed by atoms with E-state index in [0.717, 1.165) is 18.8 Å². The second-order valence-corrected chi connectivity index (χ2v) is 4.57. The molecule has 17 heavy (non-hydrogen) atoms. The van der Waals surface area contributed by atoms with Gasteiger partial charge in [-0.2, -0.15) is 0 Å². The van der Waals surface area contributed by atoms with Gasteiger partial charge in [0.1, 0.15) is 0 Å². The van der Waals surface area contributed by atoms with Crippen LogP contribution in [0.5, 0.6) is 0 Å². The van der Waals surface area contributed by atoms with E-state index in [1.165, 1.54) is 18.4 Å². The number of hydrogen-bond donors (Lipinski definition) is 1. The summed E-state index contributed by atoms with van der Waals surface area (Å²) in [5, 5.41) is 3.43. The van der Waals surface area contributed by atoms with Crippen molar-refractivity contribution in [1.29, 1.82) is 0 Å². The molecule has 1 aromatic carbocycles. The molecule has 88 valence electrons. The lowest BCUT2D eigenvalue weighted by Gasteiger charge is -2.23. The molecule has 3 rings (SSSR count). The topological polar surface area (TPSA) is 29.9 Å². The number of aromatic nitrogens is 2. The fraction of sp³-hybridized carbons (Fsp3) is 0.357. The van der Waals surface area contributed by atoms with Crippen molar-refractivity contribution >= 4 is 0 Å². The van der Waals surface area contributed by atoms with Gasteiger partial charge in [0.2, 0.25) is 0 Å². The fourth-order valence-corrected chi connectivity index (χ4v) is 2.38. The first-order valence-electron chi connectivity index (χ1n) is 6.23. The molecule has 0 spiro atoms. The van der Waals surface area contributed by atoms with Crippen LogP contribution in [-0.4, -0.2) is 22.6 Å². The third-order valence-corrected chi connectivity index (χ3v) is 3.36. The van der Waals surface area contributed by atoms with Gasteiger partial charge in [-0.3, -0.25) is 0 Å². The summed E-state index contributed by atoms with van der Waals surface area (Å²) in [6.07, 6.45) is 6.62. The maximum Gasteiger partial charge on any atom is 0.0956 e. The third-order valence-electron chi connectivity index (χ3n) is 3.36. The summed E-state index contributed by atoms with van der Waals surface area (Å²) in [4.78, 5) is 4.50. The third kappa shape index (κ3) is 2.24. The minimum atomic E-state index is 0.564. The molecule has 1 saturated heterocycles. The number of piperidine rings is 1. The van der Waals surface area contributed by atoms with Gasteiger partial charge in [-0.05, 0) is 19.4 Å². The first kappa shape index (κ1) is 10.5. The highest BCUT2D eigenvalue weighted by Crippen LogP contribution is 2.21. The molecular weight excluding hydrogens is 210 g/mol. The smallest absolute Gasteiger partial charge is 0.0956 e. The van der Waals surface area contributed by atoms with Crippen molar-refractivity contribution in [2.24, 2.45) is 0 Å². The largest absolute Gasteiger partial charge is 0.332 e. The van der Waals surface area contributed by atoms with E-state index in [-0.39, 0.29) is 0 Å². The molecule has 1 N–H and O–H groups in total. The molecule has 1 aromatic heterocycles. The SMILES string of the molecule is c1ccc(-c2cn(C3CCCNC3)cn2)cc1. The average molecular weight is 227 g/mol. The van der Waals surface area contributed by atoms with Crippen molar-refractivity contribution in [2.45, 2.75) is 18.9 Å². The summed E-state index contributed by atoms with van der Waals surface area (Å²) in [5.41, 5.74) is 2.26. The van der Waals surface area contributed by atoms with E-state index in [2.05, 4.69) is 45.3 Å². The lowest BCUT2D eigenvalue weighted by Crippen LogP contribution is -2.31. The number of nitrogens with one attached hydrogen (secondary N) is 1. The van der Waals surface area contributed by atoms with E-state index in [9.17, 15) is 0 Å². The first-order chi connectivity index (χ1) is 8.43. The molecule has 0 amide bonds. The summed E-state index contributed by atoms with van der Waals surface area (Å²) in [6, 6.07) is 10.9. The van der Waals surface area contributed by atoms with Gasteiger partial charge in [-0.25, -0.2) is 4.98 Å². The molecule has 0 saturated carbocycles. The van der Waals surface area contributed by atoms with E-state index >= 15 is 0 Å². The molecule has 1 aliphatic heterocycles. The highest BCUT2D eigenvalue weighted by atomic mass is 15.1. The van der Waals surface area contributed by atoms with Gasteiger partial charge in [0.25, 0.3) is 0 Å². The Bertz CT molecular complexity index is 469. The van der Waals surface area contributed by atoms with Crippen LogP contribution in [0.4, 0.5) is 0 Å². The van der Waals surface area contributed by atoms with Crippen LogP contribution >= 0.6 is 0 Å². The molecule has 0 radical (unpaired) electrons. The Morgan fingerprint density at radius 3 is 2.88 bits per heavy atom. The van der Waals surface area contributed by atoms with Crippen molar-refractivity contribution in [3.63, 3.8) is 0 Å². The van der Waals surface area contributed by atoms with E-state index in [1.807, 2.05) is 12.4 Å². The molecule has 3 nitrogen and oxygen atoms in total. The molecule has 1 fully saturated rings. The summed E-state index contributed by atoms with van der Waals surface area (Å²) in [5.74, 6) is 0. The zero-order chi connectivity index (χ0) is 11.5. The van der Waals surface area contributed by atoms with E-state index in [0.29, 0.717) is 6.04 Å². The monoisotopic (exact) mass is 227 g/mol. The van der Waals surface area contributed by atoms with Crippen molar-refractivity contribution in [3.8, 4) is 11.3 Å². The summed E-state index contributed by atoms with van der Waals surface area (Å²) in [6.45, 7) is 2.21. The van der Waals surface area contributed by atoms with Crippen LogP contribution < -0.4 is 5.32 Å². The summed E-state index contributed by atoms with van der Waals surface area (Å²) < 4.78 is 2.24. The van der Waals surface area contributed by atoms with E-state index in [4.69, 9.17) is 0 Å². The summed E-state index contributed by atoms with van der Waals surface area (Å²) >= 11 is 0. The van der Waals surface area contributed by atoms with E-state index < -0.39 is 0 Å². The van der Waals surface area contributed by atoms with Gasteiger partial charge in [-0.1, -0.05) is 30.3 Å². The Morgan fingerprint density at radius 1 is 1.24 bits per heavy atom. The standard InChI is InChI=1S/C14H17N3/c1-2-5-12(6-3-1)14-10-17(11-16-14)13-7-4-8-15-9-13/h1-3,5-6,10-11,13,15H,4,7-9H2. The van der Waals surface area contributed by atoms with E-state index in [1.54, 1.807) is 0 Å². The molecule has 1 atom stereocenters. The lowest BCUT2D eigenvalue weighted by atomic mass is 10.1. The molecule has 3 heteroatoms. The number of rotatable bonds is 2. The van der Waals surface area contributed by atoms with Crippen molar-refractivity contribution in [1.82, 2.24) is 14.9 Å². The maximum absolute atomic E-state index is 4.50. The second kappa shape index (κ2) is 4.72. The van der Waals surface area contributed by atoms with Gasteiger partial charge in [0.05, 0.1) is 12.0 Å². The molecule has 1 unspecified atom stereocenters. The van der Waals surface area contributed by atoms with Gasteiger partial charge in [0, 0.05) is 24.3 Å². The molecular formula is C14H17N3. The lowest BCUT2D eigenvalue weighted by molar-refractivity contribution is 0.371. The Morgan fingerprint density at radius 2 is 2.12 bits per heavy atom. The van der Waals surface area contributed by atoms with Gasteiger partial charge < -0.3 is 9.88 Å². The Hall–Kier alpha value is -1.61. The minimum absolute atomic E-state index is 0.564. The second-order valence-electron chi connectivity index (χ2n) is 4.57. The molecule has 2 aromatic rings. The number of benzene rings is 1. The van der Waals surface area contributed by atoms with Crippen LogP contribution in [0.15, 0.2) is 42.9 Å². The van der Waals surface area contributed by atoms with Gasteiger partial charge in [-0.15, -0.1) is 0 Å².